The van der Waals surface area contributed by atoms with E-state index in [1.54, 1.807) is 18.2 Å². The van der Waals surface area contributed by atoms with Crippen LogP contribution >= 0.6 is 35.0 Å². The summed E-state index contributed by atoms with van der Waals surface area (Å²) in [6, 6.07) is 7.64. The van der Waals surface area contributed by atoms with Crippen LogP contribution in [-0.4, -0.2) is 9.91 Å². The van der Waals surface area contributed by atoms with Crippen LogP contribution in [0.3, 0.4) is 0 Å². The van der Waals surface area contributed by atoms with E-state index in [0.29, 0.717) is 14.9 Å². The van der Waals surface area contributed by atoms with Crippen LogP contribution in [0.4, 0.5) is 11.5 Å². The molecule has 0 unspecified atom stereocenters. The first-order valence-electron chi connectivity index (χ1n) is 5.01. The number of pyridine rings is 1. The number of hydrogen-bond donors (Lipinski definition) is 1. The summed E-state index contributed by atoms with van der Waals surface area (Å²) in [5.41, 5.74) is 5.43. The Bertz CT molecular complexity index is 652. The Morgan fingerprint density at radius 3 is 2.58 bits per heavy atom. The molecule has 8 heteroatoms. The number of nitrogen functional groups attached to an aromatic ring is 1. The largest absolute Gasteiger partial charge is 0.384 e. The summed E-state index contributed by atoms with van der Waals surface area (Å²) in [5.74, 6) is 0.216. The van der Waals surface area contributed by atoms with Gasteiger partial charge in [0.15, 0.2) is 5.03 Å². The van der Waals surface area contributed by atoms with Gasteiger partial charge in [0, 0.05) is 11.0 Å². The van der Waals surface area contributed by atoms with E-state index in [2.05, 4.69) is 4.98 Å². The number of halogens is 2. The average molecular weight is 316 g/mol. The van der Waals surface area contributed by atoms with Crippen LogP contribution in [0.5, 0.6) is 0 Å². The lowest BCUT2D eigenvalue weighted by Crippen LogP contribution is -1.97. The van der Waals surface area contributed by atoms with E-state index in [4.69, 9.17) is 28.9 Å². The lowest BCUT2D eigenvalue weighted by Gasteiger charge is -2.04. The molecule has 0 saturated carbocycles. The van der Waals surface area contributed by atoms with Crippen LogP contribution in [-0.2, 0) is 0 Å². The van der Waals surface area contributed by atoms with Crippen molar-refractivity contribution in [1.82, 2.24) is 4.98 Å². The standard InChI is InChI=1S/C11H7Cl2N3O2S/c12-7-2-1-6(5-8(7)13)19-11-9(16(17)18)3-4-10(14)15-11/h1-5H,(H2,14,15). The van der Waals surface area contributed by atoms with Gasteiger partial charge in [-0.3, -0.25) is 10.1 Å². The van der Waals surface area contributed by atoms with Gasteiger partial charge in [-0.15, -0.1) is 0 Å². The van der Waals surface area contributed by atoms with Crippen LogP contribution in [0, 0.1) is 10.1 Å². The summed E-state index contributed by atoms with van der Waals surface area (Å²) in [6.07, 6.45) is 0. The molecule has 2 N–H and O–H groups in total. The number of nitro groups is 1. The number of nitrogens with zero attached hydrogens (tertiary/aromatic N) is 2. The second kappa shape index (κ2) is 5.64. The summed E-state index contributed by atoms with van der Waals surface area (Å²) >= 11 is 12.8. The zero-order valence-electron chi connectivity index (χ0n) is 9.34. The number of benzene rings is 1. The van der Waals surface area contributed by atoms with E-state index in [9.17, 15) is 10.1 Å². The van der Waals surface area contributed by atoms with E-state index in [-0.39, 0.29) is 16.5 Å². The fraction of sp³-hybridized carbons (Fsp3) is 0. The molecule has 0 bridgehead atoms. The summed E-state index contributed by atoms with van der Waals surface area (Å²) in [5, 5.41) is 11.9. The van der Waals surface area contributed by atoms with E-state index < -0.39 is 4.92 Å². The minimum atomic E-state index is -0.508. The van der Waals surface area contributed by atoms with Gasteiger partial charge in [0.25, 0.3) is 0 Å². The molecule has 0 radical (unpaired) electrons. The van der Waals surface area contributed by atoms with E-state index >= 15 is 0 Å². The molecule has 19 heavy (non-hydrogen) atoms. The Kier molecular flexibility index (Phi) is 4.14. The number of hydrogen-bond acceptors (Lipinski definition) is 5. The molecule has 1 aromatic carbocycles. The molecule has 2 rings (SSSR count). The molecular formula is C11H7Cl2N3O2S. The highest BCUT2D eigenvalue weighted by atomic mass is 35.5. The van der Waals surface area contributed by atoms with Crippen molar-refractivity contribution >= 4 is 46.5 Å². The van der Waals surface area contributed by atoms with Crippen LogP contribution in [0.2, 0.25) is 10.0 Å². The smallest absolute Gasteiger partial charge is 0.301 e. The molecule has 0 atom stereocenters. The number of anilines is 1. The van der Waals surface area contributed by atoms with Crippen molar-refractivity contribution in [2.75, 3.05) is 5.73 Å². The van der Waals surface area contributed by atoms with Crippen molar-refractivity contribution in [3.8, 4) is 0 Å². The van der Waals surface area contributed by atoms with Gasteiger partial charge in [-0.2, -0.15) is 0 Å². The van der Waals surface area contributed by atoms with E-state index in [1.807, 2.05) is 0 Å². The third-order valence-electron chi connectivity index (χ3n) is 2.16. The minimum absolute atomic E-state index is 0.106. The molecule has 5 nitrogen and oxygen atoms in total. The van der Waals surface area contributed by atoms with Gasteiger partial charge in [-0.1, -0.05) is 35.0 Å². The van der Waals surface area contributed by atoms with Gasteiger partial charge in [0.2, 0.25) is 0 Å². The first-order chi connectivity index (χ1) is 8.97. The SMILES string of the molecule is Nc1ccc([N+](=O)[O-])c(Sc2ccc(Cl)c(Cl)c2)n1. The van der Waals surface area contributed by atoms with Gasteiger partial charge in [-0.05, 0) is 24.3 Å². The van der Waals surface area contributed by atoms with E-state index in [1.165, 1.54) is 12.1 Å². The first-order valence-corrected chi connectivity index (χ1v) is 6.58. The Morgan fingerprint density at radius 1 is 1.21 bits per heavy atom. The molecular weight excluding hydrogens is 309 g/mol. The second-order valence-corrected chi connectivity index (χ2v) is 5.37. The quantitative estimate of drug-likeness (QED) is 0.683. The Balaban J connectivity index is 2.39. The fourth-order valence-corrected chi connectivity index (χ4v) is 2.61. The molecule has 0 spiro atoms. The van der Waals surface area contributed by atoms with Crippen molar-refractivity contribution in [1.29, 1.82) is 0 Å². The summed E-state index contributed by atoms with van der Waals surface area (Å²) in [4.78, 5) is 15.1. The van der Waals surface area contributed by atoms with Crippen LogP contribution in [0.15, 0.2) is 40.3 Å². The van der Waals surface area contributed by atoms with Crippen LogP contribution in [0.25, 0.3) is 0 Å². The van der Waals surface area contributed by atoms with Crippen molar-refractivity contribution in [3.63, 3.8) is 0 Å². The lowest BCUT2D eigenvalue weighted by atomic mass is 10.4. The van der Waals surface area contributed by atoms with Crippen molar-refractivity contribution in [2.24, 2.45) is 0 Å². The highest BCUT2D eigenvalue weighted by Crippen LogP contribution is 2.36. The molecule has 0 aliphatic rings. The molecule has 2 aromatic rings. The normalized spacial score (nSPS) is 10.4. The molecule has 0 fully saturated rings. The number of aromatic nitrogens is 1. The second-order valence-electron chi connectivity index (χ2n) is 3.50. The van der Waals surface area contributed by atoms with Gasteiger partial charge < -0.3 is 5.73 Å². The van der Waals surface area contributed by atoms with Crippen molar-refractivity contribution in [3.05, 3.63) is 50.5 Å². The molecule has 0 amide bonds. The monoisotopic (exact) mass is 315 g/mol. The maximum atomic E-state index is 10.9. The predicted octanol–water partition coefficient (Wildman–Crippen LogP) is 4.03. The lowest BCUT2D eigenvalue weighted by molar-refractivity contribution is -0.388. The maximum absolute atomic E-state index is 10.9. The summed E-state index contributed by atoms with van der Waals surface area (Å²) in [7, 11) is 0. The Hall–Kier alpha value is -1.50. The van der Waals surface area contributed by atoms with Crippen LogP contribution in [0.1, 0.15) is 0 Å². The predicted molar refractivity (Wildman–Crippen MR) is 75.9 cm³/mol. The molecule has 1 heterocycles. The summed E-state index contributed by atoms with van der Waals surface area (Å²) < 4.78 is 0. The first kappa shape index (κ1) is 13.9. The minimum Gasteiger partial charge on any atom is -0.384 e. The van der Waals surface area contributed by atoms with Gasteiger partial charge in [-0.25, -0.2) is 4.98 Å². The van der Waals surface area contributed by atoms with Gasteiger partial charge in [0.05, 0.1) is 15.0 Å². The Labute approximate surface area is 122 Å². The summed E-state index contributed by atoms with van der Waals surface area (Å²) in [6.45, 7) is 0. The zero-order chi connectivity index (χ0) is 14.0. The van der Waals surface area contributed by atoms with Gasteiger partial charge >= 0.3 is 5.69 Å². The maximum Gasteiger partial charge on any atom is 0.301 e. The van der Waals surface area contributed by atoms with Crippen molar-refractivity contribution < 1.29 is 4.92 Å². The van der Waals surface area contributed by atoms with Crippen molar-refractivity contribution in [2.45, 2.75) is 9.92 Å². The number of rotatable bonds is 3. The van der Waals surface area contributed by atoms with E-state index in [0.717, 1.165) is 11.8 Å². The number of nitrogens with two attached hydrogens (primary N) is 1. The molecule has 0 saturated heterocycles. The average Bonchev–Trinajstić information content (AvgIpc) is 2.33. The molecule has 0 aliphatic carbocycles. The highest BCUT2D eigenvalue weighted by Gasteiger charge is 2.17. The zero-order valence-corrected chi connectivity index (χ0v) is 11.7. The molecule has 1 aromatic heterocycles. The molecule has 0 aliphatic heterocycles. The van der Waals surface area contributed by atoms with Crippen LogP contribution < -0.4 is 5.73 Å². The third kappa shape index (κ3) is 3.28. The Morgan fingerprint density at radius 2 is 1.95 bits per heavy atom. The fourth-order valence-electron chi connectivity index (χ4n) is 1.31. The third-order valence-corrected chi connectivity index (χ3v) is 3.89. The molecule has 98 valence electrons. The van der Waals surface area contributed by atoms with Gasteiger partial charge in [0.1, 0.15) is 5.82 Å². The topological polar surface area (TPSA) is 82.0 Å². The highest BCUT2D eigenvalue weighted by molar-refractivity contribution is 7.99.